The van der Waals surface area contributed by atoms with E-state index in [9.17, 15) is 0 Å². The van der Waals surface area contributed by atoms with E-state index in [1.807, 2.05) is 0 Å². The van der Waals surface area contributed by atoms with E-state index in [1.54, 1.807) is 5.57 Å². The zero-order valence-corrected chi connectivity index (χ0v) is 12.3. The third kappa shape index (κ3) is 1.74. The Balaban J connectivity index is 2.11. The molecule has 0 heteroatoms. The Kier molecular flexibility index (Phi) is 2.78. The molecule has 0 aromatic heterocycles. The van der Waals surface area contributed by atoms with Crippen molar-refractivity contribution in [3.05, 3.63) is 65.3 Å². The average Bonchev–Trinajstić information content (AvgIpc) is 2.99. The molecule has 0 fully saturated rings. The molecule has 1 unspecified atom stereocenters. The first-order valence-corrected chi connectivity index (χ1v) is 7.15. The Labute approximate surface area is 116 Å². The highest BCUT2D eigenvalue weighted by atomic mass is 14.4. The Morgan fingerprint density at radius 2 is 1.58 bits per heavy atom. The standard InChI is InChI=1S/C19H22/c1-13-14(2)18(17-12-8-7-11-16(13)17)19(3,4)15-9-5-6-10-15/h5-12,15,18H,1-4H3. The lowest BCUT2D eigenvalue weighted by Gasteiger charge is -2.37. The van der Waals surface area contributed by atoms with Gasteiger partial charge >= 0.3 is 0 Å². The molecule has 3 rings (SSSR count). The Bertz CT molecular complexity index is 584. The van der Waals surface area contributed by atoms with Gasteiger partial charge in [0.15, 0.2) is 0 Å². The van der Waals surface area contributed by atoms with Crippen molar-refractivity contribution in [1.29, 1.82) is 0 Å². The Morgan fingerprint density at radius 1 is 0.947 bits per heavy atom. The lowest BCUT2D eigenvalue weighted by Crippen LogP contribution is -2.28. The minimum atomic E-state index is 0.224. The second-order valence-corrected chi connectivity index (χ2v) is 6.45. The predicted octanol–water partition coefficient (Wildman–Crippen LogP) is 5.35. The molecule has 19 heavy (non-hydrogen) atoms. The van der Waals surface area contributed by atoms with E-state index in [1.165, 1.54) is 16.7 Å². The molecule has 0 aliphatic heterocycles. The van der Waals surface area contributed by atoms with E-state index >= 15 is 0 Å². The summed E-state index contributed by atoms with van der Waals surface area (Å²) in [5.41, 5.74) is 6.20. The van der Waals surface area contributed by atoms with Crippen molar-refractivity contribution in [2.75, 3.05) is 0 Å². The molecule has 0 nitrogen and oxygen atoms in total. The molecule has 2 aliphatic rings. The molecular weight excluding hydrogens is 228 g/mol. The third-order valence-corrected chi connectivity index (χ3v) is 5.05. The molecule has 1 atom stereocenters. The van der Waals surface area contributed by atoms with Crippen LogP contribution in [0.25, 0.3) is 5.57 Å². The normalized spacial score (nSPS) is 22.4. The largest absolute Gasteiger partial charge is 0.0771 e. The molecule has 0 spiro atoms. The zero-order chi connectivity index (χ0) is 13.6. The van der Waals surface area contributed by atoms with Crippen molar-refractivity contribution in [2.45, 2.75) is 33.6 Å². The van der Waals surface area contributed by atoms with E-state index in [4.69, 9.17) is 0 Å². The van der Waals surface area contributed by atoms with Gasteiger partial charge in [0.1, 0.15) is 0 Å². The van der Waals surface area contributed by atoms with Crippen molar-refractivity contribution in [1.82, 2.24) is 0 Å². The van der Waals surface area contributed by atoms with E-state index in [-0.39, 0.29) is 5.41 Å². The SMILES string of the molecule is CC1=C(C)C(C(C)(C)C2C=CC=C2)c2ccccc21. The second kappa shape index (κ2) is 4.23. The highest BCUT2D eigenvalue weighted by Gasteiger charge is 2.41. The molecule has 0 saturated carbocycles. The molecule has 0 N–H and O–H groups in total. The summed E-state index contributed by atoms with van der Waals surface area (Å²) in [5, 5.41) is 0. The molecule has 0 bridgehead atoms. The smallest absolute Gasteiger partial charge is 0.0117 e. The van der Waals surface area contributed by atoms with Crippen LogP contribution in [0, 0.1) is 11.3 Å². The zero-order valence-electron chi connectivity index (χ0n) is 12.3. The molecule has 0 radical (unpaired) electrons. The van der Waals surface area contributed by atoms with Crippen LogP contribution in [0.15, 0.2) is 54.1 Å². The quantitative estimate of drug-likeness (QED) is 0.664. The summed E-state index contributed by atoms with van der Waals surface area (Å²) < 4.78 is 0. The summed E-state index contributed by atoms with van der Waals surface area (Å²) in [6.07, 6.45) is 9.03. The molecule has 0 heterocycles. The van der Waals surface area contributed by atoms with E-state index in [0.717, 1.165) is 0 Å². The summed E-state index contributed by atoms with van der Waals surface area (Å²) in [7, 11) is 0. The minimum Gasteiger partial charge on any atom is -0.0771 e. The summed E-state index contributed by atoms with van der Waals surface area (Å²) in [6, 6.07) is 8.91. The third-order valence-electron chi connectivity index (χ3n) is 5.05. The summed E-state index contributed by atoms with van der Waals surface area (Å²) in [5.74, 6) is 1.06. The number of hydrogen-bond donors (Lipinski definition) is 0. The van der Waals surface area contributed by atoms with E-state index in [0.29, 0.717) is 11.8 Å². The number of rotatable bonds is 2. The molecule has 98 valence electrons. The van der Waals surface area contributed by atoms with Gasteiger partial charge in [-0.25, -0.2) is 0 Å². The van der Waals surface area contributed by atoms with Gasteiger partial charge in [0.2, 0.25) is 0 Å². The first-order valence-electron chi connectivity index (χ1n) is 7.15. The maximum atomic E-state index is 2.40. The van der Waals surface area contributed by atoms with Gasteiger partial charge in [0, 0.05) is 11.8 Å². The van der Waals surface area contributed by atoms with Crippen LogP contribution < -0.4 is 0 Å². The lowest BCUT2D eigenvalue weighted by molar-refractivity contribution is 0.263. The van der Waals surface area contributed by atoms with Crippen LogP contribution in [0.4, 0.5) is 0 Å². The molecule has 1 aromatic carbocycles. The molecule has 1 aromatic rings. The van der Waals surface area contributed by atoms with Crippen molar-refractivity contribution in [3.8, 4) is 0 Å². The van der Waals surface area contributed by atoms with Gasteiger partial charge in [-0.05, 0) is 36.0 Å². The van der Waals surface area contributed by atoms with Gasteiger partial charge in [0.25, 0.3) is 0 Å². The maximum absolute atomic E-state index is 2.40. The van der Waals surface area contributed by atoms with Crippen LogP contribution in [0.1, 0.15) is 44.7 Å². The van der Waals surface area contributed by atoms with Crippen LogP contribution in [-0.4, -0.2) is 0 Å². The number of benzene rings is 1. The van der Waals surface area contributed by atoms with Crippen molar-refractivity contribution in [3.63, 3.8) is 0 Å². The fraction of sp³-hybridized carbons (Fsp3) is 0.368. The first kappa shape index (κ1) is 12.5. The van der Waals surface area contributed by atoms with Gasteiger partial charge in [-0.1, -0.05) is 68.0 Å². The van der Waals surface area contributed by atoms with Gasteiger partial charge in [0.05, 0.1) is 0 Å². The van der Waals surface area contributed by atoms with Gasteiger partial charge < -0.3 is 0 Å². The van der Waals surface area contributed by atoms with Crippen LogP contribution in [0.5, 0.6) is 0 Å². The van der Waals surface area contributed by atoms with Gasteiger partial charge in [-0.3, -0.25) is 0 Å². The highest BCUT2D eigenvalue weighted by Crippen LogP contribution is 2.54. The minimum absolute atomic E-state index is 0.224. The van der Waals surface area contributed by atoms with Crippen LogP contribution in [-0.2, 0) is 0 Å². The molecule has 0 saturated heterocycles. The van der Waals surface area contributed by atoms with Crippen molar-refractivity contribution < 1.29 is 0 Å². The fourth-order valence-electron chi connectivity index (χ4n) is 3.83. The first-order chi connectivity index (χ1) is 9.03. The topological polar surface area (TPSA) is 0 Å². The number of hydrogen-bond acceptors (Lipinski definition) is 0. The Morgan fingerprint density at radius 3 is 2.26 bits per heavy atom. The van der Waals surface area contributed by atoms with Crippen molar-refractivity contribution >= 4 is 5.57 Å². The van der Waals surface area contributed by atoms with E-state index < -0.39 is 0 Å². The van der Waals surface area contributed by atoms with Crippen LogP contribution in [0.3, 0.4) is 0 Å². The van der Waals surface area contributed by atoms with Gasteiger partial charge in [-0.2, -0.15) is 0 Å². The Hall–Kier alpha value is -1.56. The summed E-state index contributed by atoms with van der Waals surface area (Å²) >= 11 is 0. The molecular formula is C19H22. The monoisotopic (exact) mass is 250 g/mol. The fourth-order valence-corrected chi connectivity index (χ4v) is 3.83. The summed E-state index contributed by atoms with van der Waals surface area (Å²) in [6.45, 7) is 9.39. The number of fused-ring (bicyclic) bond motifs is 1. The molecule has 2 aliphatic carbocycles. The molecule has 0 amide bonds. The van der Waals surface area contributed by atoms with Crippen LogP contribution in [0.2, 0.25) is 0 Å². The van der Waals surface area contributed by atoms with E-state index in [2.05, 4.69) is 76.3 Å². The maximum Gasteiger partial charge on any atom is 0.0117 e. The highest BCUT2D eigenvalue weighted by molar-refractivity contribution is 5.77. The second-order valence-electron chi connectivity index (χ2n) is 6.45. The van der Waals surface area contributed by atoms with Crippen LogP contribution >= 0.6 is 0 Å². The van der Waals surface area contributed by atoms with Crippen molar-refractivity contribution in [2.24, 2.45) is 11.3 Å². The predicted molar refractivity (Wildman–Crippen MR) is 83.0 cm³/mol. The number of allylic oxidation sites excluding steroid dienone is 6. The van der Waals surface area contributed by atoms with Gasteiger partial charge in [-0.15, -0.1) is 0 Å². The average molecular weight is 250 g/mol. The summed E-state index contributed by atoms with van der Waals surface area (Å²) in [4.78, 5) is 0. The lowest BCUT2D eigenvalue weighted by atomic mass is 9.66.